The Morgan fingerprint density at radius 1 is 1.00 bits per heavy atom. The monoisotopic (exact) mass is 392 g/mol. The van der Waals surface area contributed by atoms with Crippen LogP contribution in [0.3, 0.4) is 0 Å². The van der Waals surface area contributed by atoms with Crippen LogP contribution in [-0.4, -0.2) is 41.2 Å². The molecular formula is C21H24N6O2. The Hall–Kier alpha value is -3.42. The molecule has 0 saturated heterocycles. The summed E-state index contributed by atoms with van der Waals surface area (Å²) in [5, 5.41) is 6.24. The lowest BCUT2D eigenvalue weighted by atomic mass is 10.1. The molecule has 0 atom stereocenters. The molecule has 1 aliphatic carbocycles. The van der Waals surface area contributed by atoms with E-state index in [4.69, 9.17) is 9.47 Å². The summed E-state index contributed by atoms with van der Waals surface area (Å²) in [6.07, 6.45) is 7.01. The number of methoxy groups -OCH3 is 2. The Morgan fingerprint density at radius 2 is 1.76 bits per heavy atom. The zero-order valence-corrected chi connectivity index (χ0v) is 16.8. The third-order valence-electron chi connectivity index (χ3n) is 4.81. The molecule has 150 valence electrons. The highest BCUT2D eigenvalue weighted by Gasteiger charge is 2.24. The molecule has 1 fully saturated rings. The van der Waals surface area contributed by atoms with Gasteiger partial charge in [-0.1, -0.05) is 0 Å². The van der Waals surface area contributed by atoms with E-state index in [1.807, 2.05) is 37.5 Å². The van der Waals surface area contributed by atoms with Crippen LogP contribution in [0.5, 0.6) is 11.5 Å². The predicted octanol–water partition coefficient (Wildman–Crippen LogP) is 3.69. The molecule has 2 aromatic heterocycles. The van der Waals surface area contributed by atoms with Gasteiger partial charge in [0.1, 0.15) is 11.5 Å². The zero-order chi connectivity index (χ0) is 20.2. The molecule has 2 heterocycles. The van der Waals surface area contributed by atoms with E-state index in [0.29, 0.717) is 29.3 Å². The number of anilines is 3. The Balaban J connectivity index is 1.64. The Labute approximate surface area is 169 Å². The fourth-order valence-electron chi connectivity index (χ4n) is 3.08. The van der Waals surface area contributed by atoms with Gasteiger partial charge in [-0.05, 0) is 31.2 Å². The van der Waals surface area contributed by atoms with E-state index in [9.17, 15) is 0 Å². The molecule has 8 nitrogen and oxygen atoms in total. The summed E-state index contributed by atoms with van der Waals surface area (Å²) in [4.78, 5) is 18.1. The maximum Gasteiger partial charge on any atom is 0.227 e. The zero-order valence-electron chi connectivity index (χ0n) is 16.8. The van der Waals surface area contributed by atoms with Gasteiger partial charge in [-0.2, -0.15) is 0 Å². The number of nitrogens with one attached hydrogen (secondary N) is 2. The summed E-state index contributed by atoms with van der Waals surface area (Å²) in [5.41, 5.74) is 3.51. The molecule has 1 saturated carbocycles. The van der Waals surface area contributed by atoms with Crippen molar-refractivity contribution in [2.75, 3.05) is 31.9 Å². The van der Waals surface area contributed by atoms with E-state index >= 15 is 0 Å². The van der Waals surface area contributed by atoms with Crippen molar-refractivity contribution >= 4 is 17.6 Å². The van der Waals surface area contributed by atoms with E-state index in [1.165, 1.54) is 12.8 Å². The Kier molecular flexibility index (Phi) is 5.41. The van der Waals surface area contributed by atoms with Crippen molar-refractivity contribution < 1.29 is 9.47 Å². The van der Waals surface area contributed by atoms with Crippen molar-refractivity contribution in [3.05, 3.63) is 42.4 Å². The predicted molar refractivity (Wildman–Crippen MR) is 112 cm³/mol. The van der Waals surface area contributed by atoms with Crippen LogP contribution < -0.4 is 20.1 Å². The molecule has 0 radical (unpaired) electrons. The second-order valence-corrected chi connectivity index (χ2v) is 6.94. The molecule has 3 aromatic rings. The molecular weight excluding hydrogens is 368 g/mol. The smallest absolute Gasteiger partial charge is 0.227 e. The fourth-order valence-corrected chi connectivity index (χ4v) is 3.08. The molecule has 0 spiro atoms. The van der Waals surface area contributed by atoms with Crippen LogP contribution in [0.25, 0.3) is 11.3 Å². The van der Waals surface area contributed by atoms with Gasteiger partial charge in [0, 0.05) is 48.9 Å². The lowest BCUT2D eigenvalue weighted by Gasteiger charge is -2.12. The van der Waals surface area contributed by atoms with Gasteiger partial charge in [0.05, 0.1) is 25.6 Å². The molecule has 0 unspecified atom stereocenters. The van der Waals surface area contributed by atoms with Crippen LogP contribution in [0.15, 0.2) is 36.7 Å². The molecule has 1 aliphatic rings. The third kappa shape index (κ3) is 4.53. The van der Waals surface area contributed by atoms with Gasteiger partial charge in [-0.3, -0.25) is 0 Å². The number of nitrogens with zero attached hydrogens (tertiary/aromatic N) is 4. The van der Waals surface area contributed by atoms with Crippen LogP contribution in [0.2, 0.25) is 0 Å². The van der Waals surface area contributed by atoms with E-state index in [0.717, 1.165) is 29.1 Å². The normalized spacial score (nSPS) is 13.1. The maximum absolute atomic E-state index is 5.33. The average Bonchev–Trinajstić information content (AvgIpc) is 3.57. The Bertz CT molecular complexity index is 984. The molecule has 8 heteroatoms. The number of benzene rings is 1. The number of ether oxygens (including phenoxy) is 2. The van der Waals surface area contributed by atoms with Crippen LogP contribution in [0, 0.1) is 5.92 Å². The maximum atomic E-state index is 5.33. The first kappa shape index (κ1) is 18.9. The van der Waals surface area contributed by atoms with Crippen LogP contribution in [-0.2, 0) is 6.42 Å². The highest BCUT2D eigenvalue weighted by molar-refractivity contribution is 5.65. The van der Waals surface area contributed by atoms with Gasteiger partial charge in [-0.15, -0.1) is 0 Å². The summed E-state index contributed by atoms with van der Waals surface area (Å²) < 4.78 is 10.7. The summed E-state index contributed by atoms with van der Waals surface area (Å²) in [6.45, 7) is 0. The summed E-state index contributed by atoms with van der Waals surface area (Å²) in [7, 11) is 5.06. The van der Waals surface area contributed by atoms with Crippen molar-refractivity contribution in [3.8, 4) is 22.8 Å². The average molecular weight is 392 g/mol. The standard InChI is InChI=1S/C21H24N6O2/c1-22-20-24-12-17(19(27-20)8-13-4-5-13)18-6-7-23-21(26-18)25-14-9-15(28-2)11-16(10-14)29-3/h6-7,9-13H,4-5,8H2,1-3H3,(H,22,24,27)(H,23,25,26). The SMILES string of the molecule is CNc1ncc(-c2ccnc(Nc3cc(OC)cc(OC)c3)n2)c(CC2CC2)n1. The lowest BCUT2D eigenvalue weighted by Crippen LogP contribution is -2.05. The molecule has 0 bridgehead atoms. The van der Waals surface area contributed by atoms with Gasteiger partial charge in [0.15, 0.2) is 0 Å². The van der Waals surface area contributed by atoms with Gasteiger partial charge in [-0.25, -0.2) is 19.9 Å². The van der Waals surface area contributed by atoms with Crippen molar-refractivity contribution in [2.45, 2.75) is 19.3 Å². The van der Waals surface area contributed by atoms with Crippen LogP contribution >= 0.6 is 0 Å². The first-order chi connectivity index (χ1) is 14.2. The number of hydrogen-bond donors (Lipinski definition) is 2. The lowest BCUT2D eigenvalue weighted by molar-refractivity contribution is 0.395. The summed E-state index contributed by atoms with van der Waals surface area (Å²) in [5.74, 6) is 3.18. The van der Waals surface area contributed by atoms with Gasteiger partial charge in [0.2, 0.25) is 11.9 Å². The van der Waals surface area contributed by atoms with Crippen molar-refractivity contribution in [2.24, 2.45) is 5.92 Å². The van der Waals surface area contributed by atoms with Crippen LogP contribution in [0.4, 0.5) is 17.6 Å². The molecule has 1 aromatic carbocycles. The molecule has 0 amide bonds. The molecule has 4 rings (SSSR count). The van der Waals surface area contributed by atoms with E-state index < -0.39 is 0 Å². The number of hydrogen-bond acceptors (Lipinski definition) is 8. The van der Waals surface area contributed by atoms with Gasteiger partial charge < -0.3 is 20.1 Å². The summed E-state index contributed by atoms with van der Waals surface area (Å²) >= 11 is 0. The number of aromatic nitrogens is 4. The van der Waals surface area contributed by atoms with E-state index in [-0.39, 0.29) is 0 Å². The highest BCUT2D eigenvalue weighted by atomic mass is 16.5. The van der Waals surface area contributed by atoms with Crippen molar-refractivity contribution in [1.29, 1.82) is 0 Å². The van der Waals surface area contributed by atoms with E-state index in [2.05, 4.69) is 30.6 Å². The Morgan fingerprint density at radius 3 is 2.41 bits per heavy atom. The van der Waals surface area contributed by atoms with Crippen molar-refractivity contribution in [1.82, 2.24) is 19.9 Å². The first-order valence-electron chi connectivity index (χ1n) is 9.55. The largest absolute Gasteiger partial charge is 0.497 e. The minimum Gasteiger partial charge on any atom is -0.497 e. The molecule has 2 N–H and O–H groups in total. The van der Waals surface area contributed by atoms with Gasteiger partial charge >= 0.3 is 0 Å². The van der Waals surface area contributed by atoms with Crippen LogP contribution in [0.1, 0.15) is 18.5 Å². The quantitative estimate of drug-likeness (QED) is 0.599. The summed E-state index contributed by atoms with van der Waals surface area (Å²) in [6, 6.07) is 7.42. The minimum atomic E-state index is 0.480. The minimum absolute atomic E-state index is 0.480. The van der Waals surface area contributed by atoms with Gasteiger partial charge in [0.25, 0.3) is 0 Å². The van der Waals surface area contributed by atoms with Crippen molar-refractivity contribution in [3.63, 3.8) is 0 Å². The fraction of sp³-hybridized carbons (Fsp3) is 0.333. The number of rotatable bonds is 8. The highest BCUT2D eigenvalue weighted by Crippen LogP contribution is 2.35. The topological polar surface area (TPSA) is 94.1 Å². The second kappa shape index (κ2) is 8.30. The first-order valence-corrected chi connectivity index (χ1v) is 9.55. The molecule has 0 aliphatic heterocycles. The third-order valence-corrected chi connectivity index (χ3v) is 4.81. The van der Waals surface area contributed by atoms with E-state index in [1.54, 1.807) is 20.4 Å². The molecule has 29 heavy (non-hydrogen) atoms. The second-order valence-electron chi connectivity index (χ2n) is 6.94.